The normalized spacial score (nSPS) is 11.0. The van der Waals surface area contributed by atoms with Crippen LogP contribution < -0.4 is 25.5 Å². The molecule has 42 heavy (non-hydrogen) atoms. The molecule has 0 atom stereocenters. The highest BCUT2D eigenvalue weighted by molar-refractivity contribution is 9.10. The molecule has 3 aromatic carbocycles. The lowest BCUT2D eigenvalue weighted by molar-refractivity contribution is 0.306. The number of furan rings is 1. The Kier molecular flexibility index (Phi) is 9.75. The van der Waals surface area contributed by atoms with Gasteiger partial charge in [-0.1, -0.05) is 45.2 Å². The molecule has 0 fully saturated rings. The number of nitrogens with one attached hydrogen (secondary N) is 3. The monoisotopic (exact) mass is 667 g/mol. The van der Waals surface area contributed by atoms with Gasteiger partial charge in [0.05, 0.1) is 26.1 Å². The molecule has 0 bridgehead atoms. The molecule has 0 amide bonds. The molecule has 13 heteroatoms. The number of nitrogens with zero attached hydrogens (tertiary/aromatic N) is 4. The van der Waals surface area contributed by atoms with Gasteiger partial charge in [-0.15, -0.1) is 0 Å². The summed E-state index contributed by atoms with van der Waals surface area (Å²) in [6.45, 7) is 0.641. The number of hydrazone groups is 1. The van der Waals surface area contributed by atoms with Gasteiger partial charge in [-0.3, -0.25) is 0 Å². The summed E-state index contributed by atoms with van der Waals surface area (Å²) in [5, 5.41) is 11.8. The molecule has 214 valence electrons. The minimum atomic E-state index is 0.213. The first-order valence-electron chi connectivity index (χ1n) is 12.5. The van der Waals surface area contributed by atoms with Crippen LogP contribution >= 0.6 is 39.1 Å². The van der Waals surface area contributed by atoms with E-state index in [2.05, 4.69) is 52.0 Å². The lowest BCUT2D eigenvalue weighted by atomic mass is 10.2. The minimum absolute atomic E-state index is 0.213. The molecule has 2 heterocycles. The summed E-state index contributed by atoms with van der Waals surface area (Å²) in [5.74, 6) is 2.91. The highest BCUT2D eigenvalue weighted by Crippen LogP contribution is 2.26. The molecule has 0 saturated carbocycles. The predicted molar refractivity (Wildman–Crippen MR) is 168 cm³/mol. The van der Waals surface area contributed by atoms with Crippen LogP contribution in [0.1, 0.15) is 16.9 Å². The molecule has 0 radical (unpaired) electrons. The van der Waals surface area contributed by atoms with E-state index in [9.17, 15) is 0 Å². The van der Waals surface area contributed by atoms with Gasteiger partial charge in [-0.25, -0.2) is 5.43 Å². The second-order valence-electron chi connectivity index (χ2n) is 8.67. The molecule has 5 aromatic rings. The van der Waals surface area contributed by atoms with Crippen molar-refractivity contribution in [1.29, 1.82) is 0 Å². The fraction of sp³-hybridized carbons (Fsp3) is 0.103. The van der Waals surface area contributed by atoms with Gasteiger partial charge >= 0.3 is 0 Å². The maximum atomic E-state index is 6.31. The number of hydrogen-bond acceptors (Lipinski definition) is 10. The Morgan fingerprint density at radius 2 is 1.76 bits per heavy atom. The van der Waals surface area contributed by atoms with Gasteiger partial charge in [-0.2, -0.15) is 20.1 Å². The summed E-state index contributed by atoms with van der Waals surface area (Å²) < 4.78 is 17.5. The summed E-state index contributed by atoms with van der Waals surface area (Å²) in [7, 11) is 1.61. The van der Waals surface area contributed by atoms with Gasteiger partial charge in [0.25, 0.3) is 0 Å². The maximum Gasteiger partial charge on any atom is 0.250 e. The lowest BCUT2D eigenvalue weighted by Gasteiger charge is -2.11. The van der Waals surface area contributed by atoms with E-state index in [-0.39, 0.29) is 12.6 Å². The van der Waals surface area contributed by atoms with Crippen molar-refractivity contribution in [3.8, 4) is 11.5 Å². The van der Waals surface area contributed by atoms with Crippen LogP contribution in [0.4, 0.5) is 23.5 Å². The number of methoxy groups -OCH3 is 1. The SMILES string of the molecule is COc1ccc(Nc2nc(NCc3ccco3)nc(N/N=C\c3cc(Br)ccc3OCc3ccc(Cl)cc3Cl)n2)cc1. The number of ether oxygens (including phenoxy) is 2. The summed E-state index contributed by atoms with van der Waals surface area (Å²) >= 11 is 15.8. The highest BCUT2D eigenvalue weighted by Gasteiger charge is 2.10. The van der Waals surface area contributed by atoms with Crippen molar-refractivity contribution >= 4 is 68.9 Å². The fourth-order valence-electron chi connectivity index (χ4n) is 3.65. The van der Waals surface area contributed by atoms with Crippen molar-refractivity contribution in [3.63, 3.8) is 0 Å². The Labute approximate surface area is 260 Å². The van der Waals surface area contributed by atoms with E-state index >= 15 is 0 Å². The smallest absolute Gasteiger partial charge is 0.250 e. The minimum Gasteiger partial charge on any atom is -0.497 e. The standard InChI is InChI=1S/C29H24BrCl2N7O3/c1-40-23-9-7-22(8-10-23)35-28-36-27(33-16-24-3-2-12-41-24)37-29(38-28)39-34-15-19-13-20(30)5-11-26(19)42-17-18-4-6-21(31)14-25(18)32/h2-15H,16-17H2,1H3,(H3,33,35,36,37,38,39)/b34-15-. The van der Waals surface area contributed by atoms with Crippen molar-refractivity contribution in [2.24, 2.45) is 5.10 Å². The van der Waals surface area contributed by atoms with Gasteiger partial charge in [0, 0.05) is 31.3 Å². The Balaban J connectivity index is 1.33. The molecule has 0 aliphatic heterocycles. The topological polar surface area (TPSA) is 119 Å². The first kappa shape index (κ1) is 29.2. The quantitative estimate of drug-likeness (QED) is 0.0899. The average molecular weight is 669 g/mol. The molecule has 0 spiro atoms. The third-order valence-electron chi connectivity index (χ3n) is 5.72. The first-order chi connectivity index (χ1) is 20.4. The Hall–Kier alpha value is -4.32. The molecule has 10 nitrogen and oxygen atoms in total. The summed E-state index contributed by atoms with van der Waals surface area (Å²) in [5.41, 5.74) is 5.17. The van der Waals surface area contributed by atoms with Crippen LogP contribution in [0.25, 0.3) is 0 Å². The van der Waals surface area contributed by atoms with E-state index in [0.717, 1.165) is 27.2 Å². The van der Waals surface area contributed by atoms with E-state index in [0.29, 0.717) is 39.8 Å². The highest BCUT2D eigenvalue weighted by atomic mass is 79.9. The number of rotatable bonds is 12. The predicted octanol–water partition coefficient (Wildman–Crippen LogP) is 7.92. The van der Waals surface area contributed by atoms with E-state index in [1.165, 1.54) is 0 Å². The maximum absolute atomic E-state index is 6.31. The van der Waals surface area contributed by atoms with Gasteiger partial charge < -0.3 is 24.5 Å². The summed E-state index contributed by atoms with van der Waals surface area (Å²) in [6.07, 6.45) is 3.21. The molecule has 3 N–H and O–H groups in total. The average Bonchev–Trinajstić information content (AvgIpc) is 3.51. The third-order valence-corrected chi connectivity index (χ3v) is 6.80. The number of hydrogen-bond donors (Lipinski definition) is 3. The molecular formula is C29H24BrCl2N7O3. The summed E-state index contributed by atoms with van der Waals surface area (Å²) in [4.78, 5) is 13.4. The molecule has 0 saturated heterocycles. The number of aromatic nitrogens is 3. The van der Waals surface area contributed by atoms with Crippen LogP contribution in [-0.2, 0) is 13.2 Å². The zero-order chi connectivity index (χ0) is 29.3. The first-order valence-corrected chi connectivity index (χ1v) is 14.1. The van der Waals surface area contributed by atoms with Crippen LogP contribution in [0.3, 0.4) is 0 Å². The van der Waals surface area contributed by atoms with Crippen LogP contribution in [0, 0.1) is 0 Å². The zero-order valence-electron chi connectivity index (χ0n) is 22.1. The molecule has 5 rings (SSSR count). The van der Waals surface area contributed by atoms with Crippen molar-refractivity contribution in [2.75, 3.05) is 23.2 Å². The van der Waals surface area contributed by atoms with E-state index in [1.807, 2.05) is 60.7 Å². The number of anilines is 4. The largest absolute Gasteiger partial charge is 0.497 e. The fourth-order valence-corrected chi connectivity index (χ4v) is 4.49. The second-order valence-corrected chi connectivity index (χ2v) is 10.4. The van der Waals surface area contributed by atoms with Crippen molar-refractivity contribution in [1.82, 2.24) is 15.0 Å². The van der Waals surface area contributed by atoms with Gasteiger partial charge in [0.15, 0.2) is 0 Å². The van der Waals surface area contributed by atoms with Gasteiger partial charge in [-0.05, 0) is 66.7 Å². The molecule has 0 aliphatic carbocycles. The lowest BCUT2D eigenvalue weighted by Crippen LogP contribution is -2.09. The number of benzene rings is 3. The molecule has 0 unspecified atom stereocenters. The zero-order valence-corrected chi connectivity index (χ0v) is 25.2. The Morgan fingerprint density at radius 3 is 2.52 bits per heavy atom. The van der Waals surface area contributed by atoms with E-state index < -0.39 is 0 Å². The van der Waals surface area contributed by atoms with Crippen LogP contribution in [0.5, 0.6) is 11.5 Å². The van der Waals surface area contributed by atoms with Crippen molar-refractivity contribution < 1.29 is 13.9 Å². The van der Waals surface area contributed by atoms with Gasteiger partial charge in [0.2, 0.25) is 17.8 Å². The molecule has 2 aromatic heterocycles. The number of halogens is 3. The Morgan fingerprint density at radius 1 is 0.952 bits per heavy atom. The molecular weight excluding hydrogens is 645 g/mol. The Bertz CT molecular complexity index is 1670. The van der Waals surface area contributed by atoms with E-state index in [1.54, 1.807) is 31.7 Å². The van der Waals surface area contributed by atoms with Crippen LogP contribution in [-0.4, -0.2) is 28.3 Å². The van der Waals surface area contributed by atoms with E-state index in [4.69, 9.17) is 37.1 Å². The summed E-state index contributed by atoms with van der Waals surface area (Å²) in [6, 6.07) is 21.9. The molecule has 0 aliphatic rings. The van der Waals surface area contributed by atoms with Crippen molar-refractivity contribution in [2.45, 2.75) is 13.2 Å². The second kappa shape index (κ2) is 14.0. The van der Waals surface area contributed by atoms with Gasteiger partial charge in [0.1, 0.15) is 23.9 Å². The third kappa shape index (κ3) is 8.12. The van der Waals surface area contributed by atoms with Crippen LogP contribution in [0.15, 0.2) is 93.1 Å². The van der Waals surface area contributed by atoms with Crippen LogP contribution in [0.2, 0.25) is 10.0 Å². The van der Waals surface area contributed by atoms with Crippen molar-refractivity contribution in [3.05, 3.63) is 110 Å².